The number of phosphoric ester groups is 2. The molecule has 4 aromatic rings. The second-order valence-corrected chi connectivity index (χ2v) is 16.9. The summed E-state index contributed by atoms with van der Waals surface area (Å²) in [6.07, 6.45) is -5.15. The smallest absolute Gasteiger partial charge is 0.387 e. The van der Waals surface area contributed by atoms with Crippen LogP contribution in [-0.2, 0) is 72.2 Å². The maximum Gasteiger partial charge on any atom is 0.475 e. The maximum absolute atomic E-state index is 14.8. The van der Waals surface area contributed by atoms with Gasteiger partial charge in [0.1, 0.15) is 36.6 Å². The Labute approximate surface area is 315 Å². The summed E-state index contributed by atoms with van der Waals surface area (Å²) in [6.45, 7) is -0.635. The second-order valence-electron chi connectivity index (χ2n) is 13.7. The molecule has 0 amide bonds. The molecule has 2 saturated carbocycles. The van der Waals surface area contributed by atoms with Crippen molar-refractivity contribution in [3.63, 3.8) is 0 Å². The van der Waals surface area contributed by atoms with Crippen LogP contribution in [0.4, 0.5) is 0 Å². The van der Waals surface area contributed by atoms with Crippen molar-refractivity contribution in [2.45, 2.75) is 101 Å². The van der Waals surface area contributed by atoms with Gasteiger partial charge < -0.3 is 19.7 Å². The van der Waals surface area contributed by atoms with Crippen LogP contribution < -0.4 is 0 Å². The van der Waals surface area contributed by atoms with Gasteiger partial charge in [-0.2, -0.15) is 0 Å². The van der Waals surface area contributed by atoms with Crippen molar-refractivity contribution in [1.29, 1.82) is 0 Å². The van der Waals surface area contributed by atoms with E-state index in [1.54, 1.807) is 48.5 Å². The van der Waals surface area contributed by atoms with Crippen LogP contribution in [0.5, 0.6) is 0 Å². The van der Waals surface area contributed by atoms with Gasteiger partial charge in [-0.3, -0.25) is 27.1 Å². The van der Waals surface area contributed by atoms with Crippen molar-refractivity contribution in [2.24, 2.45) is 0 Å². The minimum Gasteiger partial charge on any atom is -0.387 e. The number of aliphatic hydroxyl groups excluding tert-OH is 2. The molecule has 3 aliphatic rings. The van der Waals surface area contributed by atoms with E-state index in [9.17, 15) is 19.3 Å². The molecule has 1 saturated heterocycles. The topological polar surface area (TPSA) is 148 Å². The van der Waals surface area contributed by atoms with E-state index in [-0.39, 0.29) is 26.4 Å². The average molecular weight is 781 g/mol. The minimum absolute atomic E-state index is 0.148. The van der Waals surface area contributed by atoms with Gasteiger partial charge in [-0.25, -0.2) is 9.13 Å². The molecule has 288 valence electrons. The number of phosphoric acid groups is 2. The second kappa shape index (κ2) is 17.8. The fourth-order valence-electron chi connectivity index (χ4n) is 6.92. The highest BCUT2D eigenvalue weighted by Crippen LogP contribution is 2.59. The van der Waals surface area contributed by atoms with Crippen molar-refractivity contribution in [3.8, 4) is 0 Å². The van der Waals surface area contributed by atoms with Crippen molar-refractivity contribution in [2.75, 3.05) is 0 Å². The zero-order chi connectivity index (χ0) is 37.4. The molecular weight excluding hydrogens is 734 g/mol. The lowest BCUT2D eigenvalue weighted by Crippen LogP contribution is -2.63. The Morgan fingerprint density at radius 2 is 0.852 bits per heavy atom. The molecule has 1 aliphatic heterocycles. The molecule has 1 heterocycles. The van der Waals surface area contributed by atoms with Crippen LogP contribution in [0.25, 0.3) is 0 Å². The minimum atomic E-state index is -4.61. The summed E-state index contributed by atoms with van der Waals surface area (Å²) in [5.41, 5.74) is 2.76. The van der Waals surface area contributed by atoms with Gasteiger partial charge in [-0.05, 0) is 35.1 Å². The van der Waals surface area contributed by atoms with Crippen LogP contribution in [0, 0.1) is 0 Å². The fraction of sp³-hybridized carbons (Fsp3) is 0.400. The average Bonchev–Trinajstić information content (AvgIpc) is 3.58. The van der Waals surface area contributed by atoms with Gasteiger partial charge in [0, 0.05) is 12.8 Å². The normalized spacial score (nSPS) is 25.4. The molecular formula is C40H46O12P2. The molecule has 12 nitrogen and oxygen atoms in total. The number of hydrogen-bond donors (Lipinski definition) is 2. The Balaban J connectivity index is 1.22. The molecule has 2 aliphatic carbocycles. The molecule has 0 bridgehead atoms. The van der Waals surface area contributed by atoms with Crippen LogP contribution >= 0.6 is 15.6 Å². The third kappa shape index (κ3) is 9.84. The van der Waals surface area contributed by atoms with E-state index < -0.39 is 58.1 Å². The van der Waals surface area contributed by atoms with E-state index in [0.29, 0.717) is 35.1 Å². The summed E-state index contributed by atoms with van der Waals surface area (Å²) in [4.78, 5) is 0. The first-order valence-electron chi connectivity index (χ1n) is 18.2. The predicted octanol–water partition coefficient (Wildman–Crippen LogP) is 8.02. The molecule has 2 N–H and O–H groups in total. The van der Waals surface area contributed by atoms with Gasteiger partial charge in [-0.15, -0.1) is 0 Å². The quantitative estimate of drug-likeness (QED) is 0.106. The SMILES string of the molecule is O=P(OCc1ccccc1)(OCc1ccccc1)O[C@H]1[C@H]2OC3(CCCCC3)O[C@H]2[C@H](O)[C@@H](O)[C@@H]1OP(=O)(OCc1ccccc1)OCc1ccccc1. The molecule has 3 fully saturated rings. The van der Waals surface area contributed by atoms with Crippen molar-refractivity contribution >= 4 is 15.6 Å². The fourth-order valence-corrected chi connectivity index (χ4v) is 9.62. The monoisotopic (exact) mass is 780 g/mol. The predicted molar refractivity (Wildman–Crippen MR) is 197 cm³/mol. The summed E-state index contributed by atoms with van der Waals surface area (Å²) in [6, 6.07) is 36.2. The van der Waals surface area contributed by atoms with Crippen molar-refractivity contribution in [3.05, 3.63) is 144 Å². The lowest BCUT2D eigenvalue weighted by Gasteiger charge is -2.43. The highest BCUT2D eigenvalue weighted by atomic mass is 31.2. The van der Waals surface area contributed by atoms with E-state index in [2.05, 4.69) is 0 Å². The molecule has 6 atom stereocenters. The summed E-state index contributed by atoms with van der Waals surface area (Å²) < 4.78 is 78.7. The first-order valence-corrected chi connectivity index (χ1v) is 21.2. The molecule has 0 radical (unpaired) electrons. The van der Waals surface area contributed by atoms with Crippen LogP contribution in [0.15, 0.2) is 121 Å². The zero-order valence-electron chi connectivity index (χ0n) is 29.7. The summed E-state index contributed by atoms with van der Waals surface area (Å²) in [5, 5.41) is 23.4. The van der Waals surface area contributed by atoms with Gasteiger partial charge >= 0.3 is 15.6 Å². The van der Waals surface area contributed by atoms with E-state index in [0.717, 1.165) is 19.3 Å². The van der Waals surface area contributed by atoms with Crippen molar-refractivity contribution < 1.29 is 56.0 Å². The molecule has 1 spiro atoms. The molecule has 4 aromatic carbocycles. The van der Waals surface area contributed by atoms with Gasteiger partial charge in [-0.1, -0.05) is 128 Å². The lowest BCUT2D eigenvalue weighted by molar-refractivity contribution is -0.202. The summed E-state index contributed by atoms with van der Waals surface area (Å²) in [5.74, 6) is -1.08. The van der Waals surface area contributed by atoms with Crippen molar-refractivity contribution in [1.82, 2.24) is 0 Å². The standard InChI is InChI=1S/C40H46O12P2/c41-34-35(42)37(51-53(43,45-26-30-16-6-1-7-17-30)46-27-31-18-8-2-9-19-31)39(38-36(34)49-40(50-38)24-14-5-15-25-40)52-54(44,47-28-32-20-10-3-11-21-32)48-29-33-22-12-4-13-23-33/h1-4,6-13,16-23,34-39,41-42H,5,14-15,24-29H2/t34-,35-,36+,37+,38+,39-/m1/s1. The first kappa shape index (κ1) is 39.2. The van der Waals surface area contributed by atoms with E-state index in [1.165, 1.54) is 0 Å². The largest absolute Gasteiger partial charge is 0.475 e. The van der Waals surface area contributed by atoms with Gasteiger partial charge in [0.05, 0.1) is 26.4 Å². The summed E-state index contributed by atoms with van der Waals surface area (Å²) >= 11 is 0. The Morgan fingerprint density at radius 1 is 0.500 bits per heavy atom. The Kier molecular flexibility index (Phi) is 12.9. The van der Waals surface area contributed by atoms with E-state index in [1.807, 2.05) is 72.8 Å². The third-order valence-electron chi connectivity index (χ3n) is 9.74. The Morgan fingerprint density at radius 3 is 1.24 bits per heavy atom. The molecule has 0 unspecified atom stereocenters. The van der Waals surface area contributed by atoms with Crippen LogP contribution in [0.1, 0.15) is 54.4 Å². The van der Waals surface area contributed by atoms with E-state index >= 15 is 0 Å². The molecule has 14 heteroatoms. The Hall–Kier alpha value is -3.06. The van der Waals surface area contributed by atoms with Crippen LogP contribution in [0.3, 0.4) is 0 Å². The number of fused-ring (bicyclic) bond motifs is 1. The molecule has 54 heavy (non-hydrogen) atoms. The number of hydrogen-bond acceptors (Lipinski definition) is 12. The molecule has 7 rings (SSSR count). The first-order chi connectivity index (χ1) is 26.2. The summed E-state index contributed by atoms with van der Waals surface area (Å²) in [7, 11) is -9.18. The van der Waals surface area contributed by atoms with Crippen LogP contribution in [0.2, 0.25) is 0 Å². The number of aliphatic hydroxyl groups is 2. The maximum atomic E-state index is 14.8. The number of rotatable bonds is 16. The zero-order valence-corrected chi connectivity index (χ0v) is 31.5. The van der Waals surface area contributed by atoms with Gasteiger partial charge in [0.25, 0.3) is 0 Å². The molecule has 0 aromatic heterocycles. The lowest BCUT2D eigenvalue weighted by atomic mass is 9.85. The highest BCUT2D eigenvalue weighted by molar-refractivity contribution is 7.48. The highest BCUT2D eigenvalue weighted by Gasteiger charge is 2.63. The number of ether oxygens (including phenoxy) is 2. The van der Waals surface area contributed by atoms with Gasteiger partial charge in [0.2, 0.25) is 0 Å². The third-order valence-corrected chi connectivity index (χ3v) is 12.5. The van der Waals surface area contributed by atoms with Crippen LogP contribution in [-0.4, -0.2) is 52.6 Å². The van der Waals surface area contributed by atoms with E-state index in [4.69, 9.17) is 36.6 Å². The number of benzene rings is 4. The van der Waals surface area contributed by atoms with Gasteiger partial charge in [0.15, 0.2) is 5.79 Å². The Bertz CT molecular complexity index is 1750.